The number of sulfonamides is 1. The standard InChI is InChI=1S/C20H20N2O5S/c23-18-15-8-2-3-9-16(15)19(24)20(17(18)22-10-4-1-5-11-22)28(25,26)21-13-14-7-6-12-27-14/h2-3,6-9,12,21H,1,4-5,10-11,13H2. The maximum atomic E-state index is 13.2. The van der Waals surface area contributed by atoms with Crippen molar-refractivity contribution >= 4 is 21.6 Å². The molecule has 0 unspecified atom stereocenters. The molecule has 1 aliphatic heterocycles. The van der Waals surface area contributed by atoms with Crippen LogP contribution in [0.2, 0.25) is 0 Å². The number of likely N-dealkylation sites (tertiary alicyclic amines) is 1. The number of hydrogen-bond donors (Lipinski definition) is 1. The van der Waals surface area contributed by atoms with Gasteiger partial charge in [0, 0.05) is 24.2 Å². The van der Waals surface area contributed by atoms with Crippen molar-refractivity contribution in [2.75, 3.05) is 13.1 Å². The van der Waals surface area contributed by atoms with Crippen molar-refractivity contribution in [3.8, 4) is 0 Å². The molecule has 0 amide bonds. The number of carbonyl (C=O) groups is 2. The molecule has 1 N–H and O–H groups in total. The van der Waals surface area contributed by atoms with Crippen LogP contribution >= 0.6 is 0 Å². The molecule has 1 aliphatic carbocycles. The van der Waals surface area contributed by atoms with Crippen LogP contribution in [0, 0.1) is 0 Å². The monoisotopic (exact) mass is 400 g/mol. The maximum Gasteiger partial charge on any atom is 0.247 e. The lowest BCUT2D eigenvalue weighted by Crippen LogP contribution is -2.41. The number of fused-ring (bicyclic) bond motifs is 1. The van der Waals surface area contributed by atoms with Crippen molar-refractivity contribution < 1.29 is 22.4 Å². The second kappa shape index (κ2) is 7.37. The molecule has 1 saturated heterocycles. The first kappa shape index (κ1) is 18.6. The lowest BCUT2D eigenvalue weighted by molar-refractivity contribution is 0.0939. The molecule has 0 saturated carbocycles. The van der Waals surface area contributed by atoms with E-state index in [0.29, 0.717) is 18.8 Å². The summed E-state index contributed by atoms with van der Waals surface area (Å²) < 4.78 is 33.7. The topological polar surface area (TPSA) is 96.7 Å². The SMILES string of the molecule is O=C1C(N2CCCCC2)=C(S(=O)(=O)NCc2ccco2)C(=O)c2ccccc21. The number of carbonyl (C=O) groups excluding carboxylic acids is 2. The molecular formula is C20H20N2O5S. The third kappa shape index (κ3) is 3.29. The van der Waals surface area contributed by atoms with Gasteiger partial charge in [-0.15, -0.1) is 0 Å². The molecule has 2 aromatic rings. The molecule has 1 aromatic heterocycles. The lowest BCUT2D eigenvalue weighted by atomic mass is 9.91. The van der Waals surface area contributed by atoms with Crippen molar-refractivity contribution in [1.82, 2.24) is 9.62 Å². The average molecular weight is 400 g/mol. The van der Waals surface area contributed by atoms with Crippen LogP contribution in [0.4, 0.5) is 0 Å². The fourth-order valence-corrected chi connectivity index (χ4v) is 4.95. The molecule has 2 heterocycles. The summed E-state index contributed by atoms with van der Waals surface area (Å²) in [6.45, 7) is 0.997. The number of furan rings is 1. The zero-order valence-corrected chi connectivity index (χ0v) is 16.0. The van der Waals surface area contributed by atoms with E-state index < -0.39 is 26.5 Å². The fraction of sp³-hybridized carbons (Fsp3) is 0.300. The van der Waals surface area contributed by atoms with E-state index in [-0.39, 0.29) is 23.4 Å². The van der Waals surface area contributed by atoms with Gasteiger partial charge in [-0.05, 0) is 31.4 Å². The highest BCUT2D eigenvalue weighted by Gasteiger charge is 2.41. The van der Waals surface area contributed by atoms with Crippen molar-refractivity contribution in [2.45, 2.75) is 25.8 Å². The van der Waals surface area contributed by atoms with E-state index >= 15 is 0 Å². The van der Waals surface area contributed by atoms with Crippen LogP contribution in [0.25, 0.3) is 0 Å². The minimum atomic E-state index is -4.23. The quantitative estimate of drug-likeness (QED) is 0.828. The molecule has 0 radical (unpaired) electrons. The molecule has 0 atom stereocenters. The Morgan fingerprint density at radius 2 is 1.61 bits per heavy atom. The number of benzene rings is 1. The van der Waals surface area contributed by atoms with Gasteiger partial charge in [0.2, 0.25) is 21.6 Å². The van der Waals surface area contributed by atoms with E-state index in [4.69, 9.17) is 4.42 Å². The van der Waals surface area contributed by atoms with Gasteiger partial charge in [0.05, 0.1) is 12.8 Å². The van der Waals surface area contributed by atoms with Crippen LogP contribution in [0.5, 0.6) is 0 Å². The van der Waals surface area contributed by atoms with Gasteiger partial charge in [-0.3, -0.25) is 9.59 Å². The Bertz CT molecular complexity index is 1050. The van der Waals surface area contributed by atoms with Crippen LogP contribution in [0.1, 0.15) is 45.7 Å². The van der Waals surface area contributed by atoms with Gasteiger partial charge in [-0.25, -0.2) is 13.1 Å². The number of Topliss-reactive ketones (excluding diaryl/α,β-unsaturated/α-hetero) is 2. The Labute approximate surface area is 163 Å². The number of allylic oxidation sites excluding steroid dienone is 2. The Morgan fingerprint density at radius 1 is 0.929 bits per heavy atom. The van der Waals surface area contributed by atoms with E-state index in [0.717, 1.165) is 19.3 Å². The predicted octanol–water partition coefficient (Wildman–Crippen LogP) is 2.48. The highest BCUT2D eigenvalue weighted by atomic mass is 32.2. The summed E-state index contributed by atoms with van der Waals surface area (Å²) in [5.74, 6) is -0.656. The first-order valence-corrected chi connectivity index (χ1v) is 10.7. The van der Waals surface area contributed by atoms with Gasteiger partial charge in [-0.1, -0.05) is 24.3 Å². The fourth-order valence-electron chi connectivity index (χ4n) is 3.65. The van der Waals surface area contributed by atoms with Gasteiger partial charge in [-0.2, -0.15) is 0 Å². The minimum absolute atomic E-state index is 0.0182. The smallest absolute Gasteiger partial charge is 0.247 e. The highest BCUT2D eigenvalue weighted by molar-refractivity contribution is 7.94. The van der Waals surface area contributed by atoms with Crippen molar-refractivity contribution in [1.29, 1.82) is 0 Å². The molecule has 0 spiro atoms. The average Bonchev–Trinajstić information content (AvgIpc) is 3.23. The summed E-state index contributed by atoms with van der Waals surface area (Å²) in [6, 6.07) is 9.63. The largest absolute Gasteiger partial charge is 0.468 e. The van der Waals surface area contributed by atoms with Crippen molar-refractivity contribution in [3.63, 3.8) is 0 Å². The highest BCUT2D eigenvalue weighted by Crippen LogP contribution is 2.32. The Hall–Kier alpha value is -2.71. The number of piperidine rings is 1. The Kier molecular flexibility index (Phi) is 4.91. The molecule has 2 aliphatic rings. The van der Waals surface area contributed by atoms with E-state index in [1.165, 1.54) is 12.3 Å². The summed E-state index contributed by atoms with van der Waals surface area (Å²) >= 11 is 0. The van der Waals surface area contributed by atoms with Gasteiger partial charge in [0.15, 0.2) is 4.91 Å². The van der Waals surface area contributed by atoms with E-state index in [1.54, 1.807) is 35.2 Å². The number of hydrogen-bond acceptors (Lipinski definition) is 6. The van der Waals surface area contributed by atoms with Gasteiger partial charge in [0.1, 0.15) is 11.5 Å². The molecule has 1 fully saturated rings. The molecular weight excluding hydrogens is 380 g/mol. The molecule has 7 nitrogen and oxygen atoms in total. The summed E-state index contributed by atoms with van der Waals surface area (Å²) in [5, 5.41) is 0. The van der Waals surface area contributed by atoms with Gasteiger partial charge in [0.25, 0.3) is 0 Å². The Balaban J connectivity index is 1.80. The summed E-state index contributed by atoms with van der Waals surface area (Å²) in [5.41, 5.74) is 0.347. The molecule has 0 bridgehead atoms. The van der Waals surface area contributed by atoms with E-state index in [2.05, 4.69) is 4.72 Å². The third-order valence-electron chi connectivity index (χ3n) is 5.01. The lowest BCUT2D eigenvalue weighted by Gasteiger charge is -2.33. The molecule has 4 rings (SSSR count). The van der Waals surface area contributed by atoms with Crippen molar-refractivity contribution in [2.24, 2.45) is 0 Å². The third-order valence-corrected chi connectivity index (χ3v) is 6.45. The summed E-state index contributed by atoms with van der Waals surface area (Å²) in [6.07, 6.45) is 4.15. The zero-order valence-electron chi connectivity index (χ0n) is 15.2. The Morgan fingerprint density at radius 3 is 2.25 bits per heavy atom. The molecule has 28 heavy (non-hydrogen) atoms. The van der Waals surface area contributed by atoms with Gasteiger partial charge < -0.3 is 9.32 Å². The second-order valence-electron chi connectivity index (χ2n) is 6.83. The number of nitrogens with zero attached hydrogens (tertiary/aromatic N) is 1. The number of nitrogens with one attached hydrogen (secondary N) is 1. The van der Waals surface area contributed by atoms with Gasteiger partial charge >= 0.3 is 0 Å². The summed E-state index contributed by atoms with van der Waals surface area (Å²) in [4.78, 5) is 27.6. The van der Waals surface area contributed by atoms with Crippen LogP contribution in [0.15, 0.2) is 57.7 Å². The van der Waals surface area contributed by atoms with Crippen LogP contribution in [0.3, 0.4) is 0 Å². The van der Waals surface area contributed by atoms with Crippen LogP contribution in [-0.2, 0) is 16.6 Å². The normalized spacial score (nSPS) is 17.8. The van der Waals surface area contributed by atoms with E-state index in [9.17, 15) is 18.0 Å². The maximum absolute atomic E-state index is 13.2. The van der Waals surface area contributed by atoms with Crippen molar-refractivity contribution in [3.05, 3.63) is 70.2 Å². The summed E-state index contributed by atoms with van der Waals surface area (Å²) in [7, 11) is -4.23. The number of rotatable bonds is 5. The zero-order chi connectivity index (χ0) is 19.7. The second-order valence-corrected chi connectivity index (χ2v) is 8.54. The minimum Gasteiger partial charge on any atom is -0.468 e. The first-order valence-electron chi connectivity index (χ1n) is 9.19. The first-order chi connectivity index (χ1) is 13.5. The van der Waals surface area contributed by atoms with Crippen LogP contribution in [-0.4, -0.2) is 38.0 Å². The molecule has 8 heteroatoms. The van der Waals surface area contributed by atoms with Crippen LogP contribution < -0.4 is 4.72 Å². The molecule has 1 aromatic carbocycles. The molecule has 146 valence electrons. The van der Waals surface area contributed by atoms with E-state index in [1.807, 2.05) is 0 Å². The number of ketones is 2. The predicted molar refractivity (Wildman–Crippen MR) is 102 cm³/mol.